The molecule has 1 aromatic heterocycles. The summed E-state index contributed by atoms with van der Waals surface area (Å²) >= 11 is 0. The van der Waals surface area contributed by atoms with Crippen LogP contribution in [0.25, 0.3) is 0 Å². The Morgan fingerprint density at radius 3 is 2.89 bits per heavy atom. The first-order chi connectivity index (χ1) is 8.66. The average Bonchev–Trinajstić information content (AvgIpc) is 3.12. The monoisotopic (exact) mass is 248 g/mol. The van der Waals surface area contributed by atoms with E-state index in [2.05, 4.69) is 15.6 Å². The smallest absolute Gasteiger partial charge is 0.252 e. The molecule has 1 saturated carbocycles. The second-order valence-electron chi connectivity index (χ2n) is 4.72. The van der Waals surface area contributed by atoms with Crippen molar-refractivity contribution in [2.45, 2.75) is 32.2 Å². The Bertz CT molecular complexity index is 429. The number of hydrogen-bond donors (Lipinski definition) is 3. The highest BCUT2D eigenvalue weighted by Gasteiger charge is 2.19. The van der Waals surface area contributed by atoms with Gasteiger partial charge in [0.05, 0.1) is 5.56 Å². The molecule has 0 atom stereocenters. The van der Waals surface area contributed by atoms with Crippen LogP contribution in [0.3, 0.4) is 0 Å². The summed E-state index contributed by atoms with van der Waals surface area (Å²) in [5.41, 5.74) is 6.64. The molecule has 1 fully saturated rings. The fraction of sp³-hybridized carbons (Fsp3) is 0.538. The lowest BCUT2D eigenvalue weighted by atomic mass is 10.2. The van der Waals surface area contributed by atoms with Gasteiger partial charge in [-0.15, -0.1) is 0 Å². The second kappa shape index (κ2) is 5.82. The molecule has 1 amide bonds. The third-order valence-corrected chi connectivity index (χ3v) is 2.96. The molecule has 0 aliphatic heterocycles. The summed E-state index contributed by atoms with van der Waals surface area (Å²) in [5.74, 6) is 0.148. The number of aromatic nitrogens is 1. The molecule has 5 heteroatoms. The summed E-state index contributed by atoms with van der Waals surface area (Å²) < 4.78 is 0. The third kappa shape index (κ3) is 3.70. The van der Waals surface area contributed by atoms with Crippen molar-refractivity contribution < 1.29 is 4.79 Å². The Labute approximate surface area is 107 Å². The summed E-state index contributed by atoms with van der Waals surface area (Å²) in [6, 6.07) is 4.25. The largest absolute Gasteiger partial charge is 0.369 e. The minimum atomic E-state index is -0.443. The van der Waals surface area contributed by atoms with Crippen LogP contribution in [0.4, 0.5) is 5.82 Å². The van der Waals surface area contributed by atoms with E-state index in [1.165, 1.54) is 12.8 Å². The van der Waals surface area contributed by atoms with Gasteiger partial charge in [0.1, 0.15) is 5.82 Å². The van der Waals surface area contributed by atoms with Crippen molar-refractivity contribution in [3.63, 3.8) is 0 Å². The molecule has 1 heterocycles. The van der Waals surface area contributed by atoms with Gasteiger partial charge in [-0.1, -0.05) is 0 Å². The first-order valence-electron chi connectivity index (χ1n) is 6.41. The van der Waals surface area contributed by atoms with Gasteiger partial charge in [-0.3, -0.25) is 4.79 Å². The number of aryl methyl sites for hydroxylation is 1. The predicted molar refractivity (Wildman–Crippen MR) is 71.6 cm³/mol. The third-order valence-electron chi connectivity index (χ3n) is 2.96. The molecule has 0 spiro atoms. The van der Waals surface area contributed by atoms with E-state index in [9.17, 15) is 4.79 Å². The number of amides is 1. The number of carbonyl (C=O) groups excluding carboxylic acids is 1. The number of nitrogens with zero attached hydrogens (tertiary/aromatic N) is 1. The van der Waals surface area contributed by atoms with Crippen molar-refractivity contribution in [2.24, 2.45) is 5.73 Å². The Balaban J connectivity index is 1.82. The van der Waals surface area contributed by atoms with Gasteiger partial charge in [0.2, 0.25) is 0 Å². The number of pyridine rings is 1. The van der Waals surface area contributed by atoms with E-state index >= 15 is 0 Å². The number of nitrogens with one attached hydrogen (secondary N) is 2. The number of anilines is 1. The number of primary amides is 1. The summed E-state index contributed by atoms with van der Waals surface area (Å²) in [5, 5.41) is 6.62. The van der Waals surface area contributed by atoms with Crippen LogP contribution in [0, 0.1) is 6.92 Å². The van der Waals surface area contributed by atoms with E-state index < -0.39 is 5.91 Å². The van der Waals surface area contributed by atoms with Crippen LogP contribution >= 0.6 is 0 Å². The van der Waals surface area contributed by atoms with Crippen molar-refractivity contribution >= 4 is 11.7 Å². The van der Waals surface area contributed by atoms with Gasteiger partial charge in [-0.2, -0.15) is 0 Å². The molecule has 1 aliphatic rings. The fourth-order valence-electron chi connectivity index (χ4n) is 1.78. The molecule has 0 saturated heterocycles. The molecular formula is C13H20N4O. The van der Waals surface area contributed by atoms with Crippen LogP contribution in [0.15, 0.2) is 12.1 Å². The van der Waals surface area contributed by atoms with Crippen molar-refractivity contribution in [3.05, 3.63) is 23.4 Å². The van der Waals surface area contributed by atoms with E-state index in [1.54, 1.807) is 12.1 Å². The summed E-state index contributed by atoms with van der Waals surface area (Å²) in [6.07, 6.45) is 3.61. The first-order valence-corrected chi connectivity index (χ1v) is 6.41. The molecular weight excluding hydrogens is 228 g/mol. The molecule has 0 radical (unpaired) electrons. The van der Waals surface area contributed by atoms with Gasteiger partial charge in [-0.05, 0) is 44.9 Å². The van der Waals surface area contributed by atoms with Crippen LogP contribution in [0.2, 0.25) is 0 Å². The maximum atomic E-state index is 11.2. The van der Waals surface area contributed by atoms with Crippen LogP contribution in [-0.2, 0) is 0 Å². The molecule has 4 N–H and O–H groups in total. The second-order valence-corrected chi connectivity index (χ2v) is 4.72. The first kappa shape index (κ1) is 12.8. The standard InChI is InChI=1S/C13H20N4O/c1-9-3-6-11(12(14)18)13(17-9)16-8-2-7-15-10-4-5-10/h3,6,10,15H,2,4-5,7-8H2,1H3,(H2,14,18)(H,16,17). The van der Waals surface area contributed by atoms with Gasteiger partial charge in [0.25, 0.3) is 5.91 Å². The number of carbonyl (C=O) groups is 1. The lowest BCUT2D eigenvalue weighted by molar-refractivity contribution is 0.100. The lowest BCUT2D eigenvalue weighted by Crippen LogP contribution is -2.21. The summed E-state index contributed by atoms with van der Waals surface area (Å²) in [4.78, 5) is 15.6. The number of hydrogen-bond acceptors (Lipinski definition) is 4. The lowest BCUT2D eigenvalue weighted by Gasteiger charge is -2.10. The number of rotatable bonds is 7. The molecule has 18 heavy (non-hydrogen) atoms. The Kier molecular flexibility index (Phi) is 4.15. The van der Waals surface area contributed by atoms with Crippen LogP contribution in [0.5, 0.6) is 0 Å². The summed E-state index contributed by atoms with van der Waals surface area (Å²) in [7, 11) is 0. The van der Waals surface area contributed by atoms with Gasteiger partial charge in [0, 0.05) is 18.3 Å². The molecule has 0 unspecified atom stereocenters. The fourth-order valence-corrected chi connectivity index (χ4v) is 1.78. The summed E-state index contributed by atoms with van der Waals surface area (Å²) in [6.45, 7) is 3.68. The minimum Gasteiger partial charge on any atom is -0.369 e. The van der Waals surface area contributed by atoms with E-state index in [4.69, 9.17) is 5.73 Å². The van der Waals surface area contributed by atoms with E-state index in [0.29, 0.717) is 11.4 Å². The quantitative estimate of drug-likeness (QED) is 0.630. The normalized spacial score (nSPS) is 14.5. The molecule has 5 nitrogen and oxygen atoms in total. The Hall–Kier alpha value is -1.62. The maximum absolute atomic E-state index is 11.2. The van der Waals surface area contributed by atoms with Crippen molar-refractivity contribution in [1.29, 1.82) is 0 Å². The highest BCUT2D eigenvalue weighted by Crippen LogP contribution is 2.18. The van der Waals surface area contributed by atoms with Crippen molar-refractivity contribution in [1.82, 2.24) is 10.3 Å². The van der Waals surface area contributed by atoms with Gasteiger partial charge >= 0.3 is 0 Å². The van der Waals surface area contributed by atoms with E-state index in [-0.39, 0.29) is 0 Å². The highest BCUT2D eigenvalue weighted by molar-refractivity contribution is 5.97. The maximum Gasteiger partial charge on any atom is 0.252 e. The molecule has 0 aromatic carbocycles. The Morgan fingerprint density at radius 2 is 2.22 bits per heavy atom. The van der Waals surface area contributed by atoms with Crippen LogP contribution < -0.4 is 16.4 Å². The number of nitrogens with two attached hydrogens (primary N) is 1. The molecule has 0 bridgehead atoms. The van der Waals surface area contributed by atoms with Gasteiger partial charge in [-0.25, -0.2) is 4.98 Å². The van der Waals surface area contributed by atoms with Gasteiger partial charge in [0.15, 0.2) is 0 Å². The van der Waals surface area contributed by atoms with E-state index in [1.807, 2.05) is 6.92 Å². The molecule has 1 aliphatic carbocycles. The van der Waals surface area contributed by atoms with E-state index in [0.717, 1.165) is 31.2 Å². The zero-order valence-corrected chi connectivity index (χ0v) is 10.7. The minimum absolute atomic E-state index is 0.443. The molecule has 2 rings (SSSR count). The Morgan fingerprint density at radius 1 is 1.44 bits per heavy atom. The zero-order valence-electron chi connectivity index (χ0n) is 10.7. The van der Waals surface area contributed by atoms with Crippen LogP contribution in [-0.4, -0.2) is 30.0 Å². The average molecular weight is 248 g/mol. The van der Waals surface area contributed by atoms with Crippen molar-refractivity contribution in [3.8, 4) is 0 Å². The molecule has 98 valence electrons. The zero-order chi connectivity index (χ0) is 13.0. The SMILES string of the molecule is Cc1ccc(C(N)=O)c(NCCCNC2CC2)n1. The topological polar surface area (TPSA) is 80.0 Å². The van der Waals surface area contributed by atoms with Crippen LogP contribution in [0.1, 0.15) is 35.3 Å². The van der Waals surface area contributed by atoms with Crippen molar-refractivity contribution in [2.75, 3.05) is 18.4 Å². The van der Waals surface area contributed by atoms with Gasteiger partial charge < -0.3 is 16.4 Å². The molecule has 1 aromatic rings. The predicted octanol–water partition coefficient (Wildman–Crippen LogP) is 1.04. The highest BCUT2D eigenvalue weighted by atomic mass is 16.1.